The van der Waals surface area contributed by atoms with Gasteiger partial charge in [-0.15, -0.1) is 0 Å². The third-order valence-corrected chi connectivity index (χ3v) is 2.35. The van der Waals surface area contributed by atoms with Crippen LogP contribution in [0.15, 0.2) is 12.2 Å². The van der Waals surface area contributed by atoms with E-state index < -0.39 is 0 Å². The van der Waals surface area contributed by atoms with Gasteiger partial charge in [0.2, 0.25) is 0 Å². The Hall–Kier alpha value is -0.340. The Balaban J connectivity index is 1.96. The summed E-state index contributed by atoms with van der Waals surface area (Å²) >= 11 is 0. The average molecular weight is 182 g/mol. The molecule has 2 nitrogen and oxygen atoms in total. The summed E-state index contributed by atoms with van der Waals surface area (Å²) in [6.07, 6.45) is 7.06. The van der Waals surface area contributed by atoms with Gasteiger partial charge in [0.1, 0.15) is 0 Å². The van der Waals surface area contributed by atoms with E-state index in [4.69, 9.17) is 0 Å². The van der Waals surface area contributed by atoms with Gasteiger partial charge >= 0.3 is 0 Å². The molecule has 1 N–H and O–H groups in total. The van der Waals surface area contributed by atoms with Crippen molar-refractivity contribution in [2.24, 2.45) is 0 Å². The summed E-state index contributed by atoms with van der Waals surface area (Å²) in [6, 6.07) is 0.626. The van der Waals surface area contributed by atoms with Gasteiger partial charge < -0.3 is 5.32 Å². The standard InChI is InChI=1S/C11H22N2/c1-11(2)12-7-6-10-13-8-4-3-5-9-13/h3-4,11-12H,5-10H2,1-2H3. The zero-order valence-electron chi connectivity index (χ0n) is 8.92. The molecule has 0 amide bonds. The summed E-state index contributed by atoms with van der Waals surface area (Å²) in [6.45, 7) is 9.19. The molecule has 76 valence electrons. The Bertz CT molecular complexity index is 152. The predicted molar refractivity (Wildman–Crippen MR) is 58.0 cm³/mol. The predicted octanol–water partition coefficient (Wildman–Crippen LogP) is 1.64. The van der Waals surface area contributed by atoms with Crippen molar-refractivity contribution in [3.63, 3.8) is 0 Å². The van der Waals surface area contributed by atoms with Crippen molar-refractivity contribution in [1.29, 1.82) is 0 Å². The molecule has 0 aromatic rings. The first-order chi connectivity index (χ1) is 6.29. The first-order valence-corrected chi connectivity index (χ1v) is 5.40. The first kappa shape index (κ1) is 10.7. The van der Waals surface area contributed by atoms with E-state index in [2.05, 4.69) is 36.2 Å². The van der Waals surface area contributed by atoms with Crippen molar-refractivity contribution >= 4 is 0 Å². The van der Waals surface area contributed by atoms with Gasteiger partial charge in [0.25, 0.3) is 0 Å². The van der Waals surface area contributed by atoms with Crippen LogP contribution in [0.25, 0.3) is 0 Å². The number of rotatable bonds is 5. The van der Waals surface area contributed by atoms with Gasteiger partial charge in [-0.25, -0.2) is 0 Å². The zero-order valence-corrected chi connectivity index (χ0v) is 8.92. The van der Waals surface area contributed by atoms with Gasteiger partial charge in [0.05, 0.1) is 0 Å². The highest BCUT2D eigenvalue weighted by atomic mass is 15.1. The summed E-state index contributed by atoms with van der Waals surface area (Å²) < 4.78 is 0. The molecule has 0 atom stereocenters. The minimum absolute atomic E-state index is 0.626. The molecule has 0 aliphatic carbocycles. The fourth-order valence-corrected chi connectivity index (χ4v) is 1.59. The van der Waals surface area contributed by atoms with E-state index in [-0.39, 0.29) is 0 Å². The smallest absolute Gasteiger partial charge is 0.0163 e. The molecule has 2 heteroatoms. The quantitative estimate of drug-likeness (QED) is 0.513. The van der Waals surface area contributed by atoms with Gasteiger partial charge in [-0.05, 0) is 25.9 Å². The molecule has 0 saturated carbocycles. The second-order valence-corrected chi connectivity index (χ2v) is 4.02. The molecule has 0 saturated heterocycles. The van der Waals surface area contributed by atoms with E-state index in [0.29, 0.717) is 6.04 Å². The van der Waals surface area contributed by atoms with Crippen molar-refractivity contribution < 1.29 is 0 Å². The van der Waals surface area contributed by atoms with Crippen LogP contribution in [0.1, 0.15) is 26.7 Å². The fraction of sp³-hybridized carbons (Fsp3) is 0.818. The number of nitrogens with zero attached hydrogens (tertiary/aromatic N) is 1. The largest absolute Gasteiger partial charge is 0.314 e. The molecule has 13 heavy (non-hydrogen) atoms. The third-order valence-electron chi connectivity index (χ3n) is 2.35. The van der Waals surface area contributed by atoms with Gasteiger partial charge in [-0.2, -0.15) is 0 Å². The minimum Gasteiger partial charge on any atom is -0.314 e. The molecule has 1 aliphatic rings. The highest BCUT2D eigenvalue weighted by Crippen LogP contribution is 2.01. The van der Waals surface area contributed by atoms with Gasteiger partial charge in [0.15, 0.2) is 0 Å². The van der Waals surface area contributed by atoms with Crippen LogP contribution in [-0.4, -0.2) is 37.1 Å². The van der Waals surface area contributed by atoms with E-state index in [1.807, 2.05) is 0 Å². The Morgan fingerprint density at radius 1 is 1.38 bits per heavy atom. The van der Waals surface area contributed by atoms with Crippen LogP contribution in [-0.2, 0) is 0 Å². The minimum atomic E-state index is 0.626. The maximum atomic E-state index is 3.44. The molecule has 0 unspecified atom stereocenters. The van der Waals surface area contributed by atoms with Crippen LogP contribution in [0.4, 0.5) is 0 Å². The monoisotopic (exact) mass is 182 g/mol. The second kappa shape index (κ2) is 6.17. The second-order valence-electron chi connectivity index (χ2n) is 4.02. The highest BCUT2D eigenvalue weighted by Gasteiger charge is 2.04. The van der Waals surface area contributed by atoms with Crippen molar-refractivity contribution in [1.82, 2.24) is 10.2 Å². The Labute approximate surface area is 82.0 Å². The van der Waals surface area contributed by atoms with Crippen molar-refractivity contribution in [2.45, 2.75) is 32.7 Å². The summed E-state index contributed by atoms with van der Waals surface area (Å²) in [4.78, 5) is 2.52. The molecular weight excluding hydrogens is 160 g/mol. The lowest BCUT2D eigenvalue weighted by Gasteiger charge is -2.23. The van der Waals surface area contributed by atoms with Crippen LogP contribution in [0.3, 0.4) is 0 Å². The zero-order chi connectivity index (χ0) is 9.52. The average Bonchev–Trinajstić information content (AvgIpc) is 2.14. The summed E-state index contributed by atoms with van der Waals surface area (Å²) in [5.74, 6) is 0. The molecule has 0 spiro atoms. The Morgan fingerprint density at radius 3 is 2.85 bits per heavy atom. The summed E-state index contributed by atoms with van der Waals surface area (Å²) in [7, 11) is 0. The molecule has 0 aromatic heterocycles. The van der Waals surface area contributed by atoms with Crippen LogP contribution >= 0.6 is 0 Å². The Kier molecular flexibility index (Phi) is 5.09. The van der Waals surface area contributed by atoms with Crippen molar-refractivity contribution in [3.8, 4) is 0 Å². The van der Waals surface area contributed by atoms with Gasteiger partial charge in [-0.1, -0.05) is 26.0 Å². The fourth-order valence-electron chi connectivity index (χ4n) is 1.59. The molecule has 1 heterocycles. The lowest BCUT2D eigenvalue weighted by atomic mass is 10.2. The maximum Gasteiger partial charge on any atom is 0.0163 e. The molecule has 0 bridgehead atoms. The number of hydrogen-bond acceptors (Lipinski definition) is 2. The van der Waals surface area contributed by atoms with Crippen LogP contribution in [0.2, 0.25) is 0 Å². The van der Waals surface area contributed by atoms with E-state index in [9.17, 15) is 0 Å². The van der Waals surface area contributed by atoms with Crippen molar-refractivity contribution in [3.05, 3.63) is 12.2 Å². The normalized spacial score (nSPS) is 18.4. The maximum absolute atomic E-state index is 3.44. The molecule has 0 radical (unpaired) electrons. The molecule has 0 aromatic carbocycles. The number of hydrogen-bond donors (Lipinski definition) is 1. The topological polar surface area (TPSA) is 15.3 Å². The summed E-state index contributed by atoms with van der Waals surface area (Å²) in [5, 5.41) is 3.44. The molecule has 0 fully saturated rings. The van der Waals surface area contributed by atoms with Crippen molar-refractivity contribution in [2.75, 3.05) is 26.2 Å². The van der Waals surface area contributed by atoms with Gasteiger partial charge in [-0.3, -0.25) is 4.90 Å². The third kappa shape index (κ3) is 5.06. The van der Waals surface area contributed by atoms with E-state index in [1.54, 1.807) is 0 Å². The SMILES string of the molecule is CC(C)NCCCN1CC=CCC1. The lowest BCUT2D eigenvalue weighted by Crippen LogP contribution is -2.31. The van der Waals surface area contributed by atoms with Gasteiger partial charge in [0, 0.05) is 19.1 Å². The molecular formula is C11H22N2. The molecule has 1 aliphatic heterocycles. The lowest BCUT2D eigenvalue weighted by molar-refractivity contribution is 0.292. The highest BCUT2D eigenvalue weighted by molar-refractivity contribution is 4.90. The van der Waals surface area contributed by atoms with E-state index in [1.165, 1.54) is 25.9 Å². The summed E-state index contributed by atoms with van der Waals surface area (Å²) in [5.41, 5.74) is 0. The molecule has 1 rings (SSSR count). The van der Waals surface area contributed by atoms with Crippen LogP contribution in [0, 0.1) is 0 Å². The van der Waals surface area contributed by atoms with Crippen LogP contribution < -0.4 is 5.32 Å². The number of nitrogens with one attached hydrogen (secondary N) is 1. The van der Waals surface area contributed by atoms with E-state index in [0.717, 1.165) is 13.1 Å². The van der Waals surface area contributed by atoms with E-state index >= 15 is 0 Å². The Morgan fingerprint density at radius 2 is 2.23 bits per heavy atom. The first-order valence-electron chi connectivity index (χ1n) is 5.40. The van der Waals surface area contributed by atoms with Crippen LogP contribution in [0.5, 0.6) is 0 Å².